The second kappa shape index (κ2) is 7.01. The molecule has 2 heterocycles. The summed E-state index contributed by atoms with van der Waals surface area (Å²) in [6, 6.07) is 10.5. The number of carbonyl (C=O) groups is 2. The van der Waals surface area contributed by atoms with Gasteiger partial charge in [0.05, 0.1) is 12.1 Å². The third-order valence-electron chi connectivity index (χ3n) is 5.43. The first-order chi connectivity index (χ1) is 14.5. The quantitative estimate of drug-likeness (QED) is 0.690. The molecule has 0 radical (unpaired) electrons. The Morgan fingerprint density at radius 1 is 1.20 bits per heavy atom. The standard InChI is InChI=1S/C21H16F2N4O3/c22-11-7-13-12-9-14(12)18(19(28)24-17(13)15(23)8-11)25-20(29)21-27-26-16(30-21)6-10-4-2-1-3-5-10/h1-5,7-8,12,14,18H,6,9H2,(H,24,28)(H,25,29)/t12-,14-,18-/m1/s1. The molecule has 30 heavy (non-hydrogen) atoms. The van der Waals surface area contributed by atoms with E-state index in [2.05, 4.69) is 20.8 Å². The summed E-state index contributed by atoms with van der Waals surface area (Å²) >= 11 is 0. The number of hydrogen-bond donors (Lipinski definition) is 2. The van der Waals surface area contributed by atoms with Crippen molar-refractivity contribution in [2.45, 2.75) is 24.8 Å². The Bertz CT molecular complexity index is 1150. The molecular weight excluding hydrogens is 394 g/mol. The Balaban J connectivity index is 1.32. The van der Waals surface area contributed by atoms with Gasteiger partial charge in [0.2, 0.25) is 11.8 Å². The summed E-state index contributed by atoms with van der Waals surface area (Å²) < 4.78 is 33.2. The maximum Gasteiger partial charge on any atom is 0.309 e. The van der Waals surface area contributed by atoms with Crippen LogP contribution in [0, 0.1) is 17.6 Å². The van der Waals surface area contributed by atoms with E-state index in [0.29, 0.717) is 18.4 Å². The van der Waals surface area contributed by atoms with E-state index in [1.165, 1.54) is 6.07 Å². The van der Waals surface area contributed by atoms with Crippen molar-refractivity contribution in [2.24, 2.45) is 5.92 Å². The molecule has 9 heteroatoms. The maximum absolute atomic E-state index is 14.1. The molecule has 3 atom stereocenters. The number of rotatable bonds is 4. The Kier molecular flexibility index (Phi) is 4.30. The number of amides is 2. The van der Waals surface area contributed by atoms with Crippen molar-refractivity contribution >= 4 is 17.5 Å². The highest BCUT2D eigenvalue weighted by molar-refractivity contribution is 6.01. The summed E-state index contributed by atoms with van der Waals surface area (Å²) in [6.45, 7) is 0. The van der Waals surface area contributed by atoms with Gasteiger partial charge >= 0.3 is 11.8 Å². The van der Waals surface area contributed by atoms with Crippen LogP contribution in [0.25, 0.3) is 0 Å². The summed E-state index contributed by atoms with van der Waals surface area (Å²) in [7, 11) is 0. The molecule has 2 amide bonds. The predicted molar refractivity (Wildman–Crippen MR) is 101 cm³/mol. The van der Waals surface area contributed by atoms with Gasteiger partial charge in [0, 0.05) is 6.07 Å². The van der Waals surface area contributed by atoms with Gasteiger partial charge in [-0.25, -0.2) is 8.78 Å². The second-order valence-electron chi connectivity index (χ2n) is 7.46. The smallest absolute Gasteiger partial charge is 0.309 e. The number of benzene rings is 2. The van der Waals surface area contributed by atoms with Crippen molar-refractivity contribution in [3.63, 3.8) is 0 Å². The van der Waals surface area contributed by atoms with Crippen LogP contribution in [0.3, 0.4) is 0 Å². The third kappa shape index (κ3) is 3.32. The minimum atomic E-state index is -0.915. The average molecular weight is 410 g/mol. The van der Waals surface area contributed by atoms with Gasteiger partial charge in [-0.3, -0.25) is 9.59 Å². The van der Waals surface area contributed by atoms with E-state index in [-0.39, 0.29) is 29.3 Å². The molecule has 3 aromatic rings. The van der Waals surface area contributed by atoms with E-state index < -0.39 is 29.5 Å². The van der Waals surface area contributed by atoms with Gasteiger partial charge in [0.1, 0.15) is 17.7 Å². The molecule has 5 rings (SSSR count). The Hall–Kier alpha value is -3.62. The zero-order chi connectivity index (χ0) is 20.8. The number of nitrogens with one attached hydrogen (secondary N) is 2. The van der Waals surface area contributed by atoms with E-state index in [9.17, 15) is 18.4 Å². The Morgan fingerprint density at radius 2 is 2.00 bits per heavy atom. The number of hydrogen-bond acceptors (Lipinski definition) is 5. The molecule has 0 spiro atoms. The molecule has 0 unspecified atom stereocenters. The first-order valence-corrected chi connectivity index (χ1v) is 9.46. The minimum Gasteiger partial charge on any atom is -0.417 e. The van der Waals surface area contributed by atoms with E-state index in [4.69, 9.17) is 4.42 Å². The van der Waals surface area contributed by atoms with Crippen molar-refractivity contribution in [3.8, 4) is 0 Å². The summed E-state index contributed by atoms with van der Waals surface area (Å²) in [5, 5.41) is 12.7. The molecule has 2 aliphatic rings. The number of nitrogens with zero attached hydrogens (tertiary/aromatic N) is 2. The molecule has 7 nitrogen and oxygen atoms in total. The molecule has 1 aliphatic carbocycles. The molecule has 1 aliphatic heterocycles. The molecule has 0 saturated heterocycles. The summed E-state index contributed by atoms with van der Waals surface area (Å²) in [4.78, 5) is 25.2. The fraction of sp³-hybridized carbons (Fsp3) is 0.238. The summed E-state index contributed by atoms with van der Waals surface area (Å²) in [5.41, 5.74) is 1.32. The maximum atomic E-state index is 14.1. The second-order valence-corrected chi connectivity index (χ2v) is 7.46. The van der Waals surface area contributed by atoms with Crippen molar-refractivity contribution in [1.29, 1.82) is 0 Å². The number of carbonyl (C=O) groups excluding carboxylic acids is 2. The van der Waals surface area contributed by atoms with Crippen molar-refractivity contribution in [2.75, 3.05) is 5.32 Å². The lowest BCUT2D eigenvalue weighted by atomic mass is 10.1. The van der Waals surface area contributed by atoms with Gasteiger partial charge in [-0.2, -0.15) is 0 Å². The minimum absolute atomic E-state index is 0.0337. The molecular formula is C21H16F2N4O3. The van der Waals surface area contributed by atoms with Crippen LogP contribution >= 0.6 is 0 Å². The van der Waals surface area contributed by atoms with Crippen LogP contribution in [0.1, 0.15) is 40.0 Å². The number of halogens is 2. The van der Waals surface area contributed by atoms with Crippen LogP contribution in [0.5, 0.6) is 0 Å². The summed E-state index contributed by atoms with van der Waals surface area (Å²) in [5.74, 6) is -3.26. The van der Waals surface area contributed by atoms with E-state index in [0.717, 1.165) is 11.6 Å². The van der Waals surface area contributed by atoms with Gasteiger partial charge in [0.15, 0.2) is 0 Å². The van der Waals surface area contributed by atoms with Crippen LogP contribution in [0.15, 0.2) is 46.9 Å². The highest BCUT2D eigenvalue weighted by Gasteiger charge is 2.51. The number of anilines is 1. The summed E-state index contributed by atoms with van der Waals surface area (Å²) in [6.07, 6.45) is 0.910. The van der Waals surface area contributed by atoms with Crippen LogP contribution < -0.4 is 10.6 Å². The van der Waals surface area contributed by atoms with E-state index >= 15 is 0 Å². The lowest BCUT2D eigenvalue weighted by molar-refractivity contribution is -0.118. The molecule has 2 aromatic carbocycles. The highest BCUT2D eigenvalue weighted by atomic mass is 19.1. The zero-order valence-electron chi connectivity index (χ0n) is 15.6. The fourth-order valence-electron chi connectivity index (χ4n) is 3.92. The van der Waals surface area contributed by atoms with Gasteiger partial charge in [-0.1, -0.05) is 30.3 Å². The average Bonchev–Trinajstić information content (AvgIpc) is 3.39. The lowest BCUT2D eigenvalue weighted by Gasteiger charge is -2.15. The van der Waals surface area contributed by atoms with E-state index in [1.807, 2.05) is 30.3 Å². The van der Waals surface area contributed by atoms with E-state index in [1.54, 1.807) is 0 Å². The first-order valence-electron chi connectivity index (χ1n) is 9.46. The van der Waals surface area contributed by atoms with Gasteiger partial charge in [-0.05, 0) is 35.4 Å². The molecule has 1 saturated carbocycles. The lowest BCUT2D eigenvalue weighted by Crippen LogP contribution is -2.45. The highest BCUT2D eigenvalue weighted by Crippen LogP contribution is 2.54. The normalized spacial score (nSPS) is 21.8. The van der Waals surface area contributed by atoms with Crippen LogP contribution in [0.2, 0.25) is 0 Å². The van der Waals surface area contributed by atoms with Crippen molar-refractivity contribution in [3.05, 3.63) is 77.0 Å². The molecule has 152 valence electrons. The topological polar surface area (TPSA) is 97.1 Å². The fourth-order valence-corrected chi connectivity index (χ4v) is 3.92. The molecule has 1 aromatic heterocycles. The van der Waals surface area contributed by atoms with Gasteiger partial charge in [-0.15, -0.1) is 10.2 Å². The van der Waals surface area contributed by atoms with Crippen LogP contribution in [-0.2, 0) is 11.2 Å². The Labute approximate surface area is 169 Å². The van der Waals surface area contributed by atoms with Crippen LogP contribution in [-0.4, -0.2) is 28.1 Å². The van der Waals surface area contributed by atoms with Crippen LogP contribution in [0.4, 0.5) is 14.5 Å². The first kappa shape index (κ1) is 18.4. The monoisotopic (exact) mass is 410 g/mol. The predicted octanol–water partition coefficient (Wildman–Crippen LogP) is 2.79. The molecule has 1 fully saturated rings. The molecule has 2 N–H and O–H groups in total. The van der Waals surface area contributed by atoms with Gasteiger partial charge < -0.3 is 15.1 Å². The number of fused-ring (bicyclic) bond motifs is 3. The molecule has 0 bridgehead atoms. The van der Waals surface area contributed by atoms with Gasteiger partial charge in [0.25, 0.3) is 0 Å². The van der Waals surface area contributed by atoms with Crippen molar-refractivity contribution < 1.29 is 22.8 Å². The largest absolute Gasteiger partial charge is 0.417 e. The number of aromatic nitrogens is 2. The zero-order valence-corrected chi connectivity index (χ0v) is 15.6. The van der Waals surface area contributed by atoms with Crippen molar-refractivity contribution in [1.82, 2.24) is 15.5 Å². The third-order valence-corrected chi connectivity index (χ3v) is 5.43. The SMILES string of the molecule is O=C(N[C@H]1C(=O)Nc2c(F)cc(F)cc2[C@H]2C[C@H]21)c1nnc(Cc2ccccc2)o1. The Morgan fingerprint density at radius 3 is 2.80 bits per heavy atom.